The Kier molecular flexibility index (Phi) is 8.71. The highest BCUT2D eigenvalue weighted by Gasteiger charge is 2.49. The van der Waals surface area contributed by atoms with Crippen molar-refractivity contribution in [3.8, 4) is 11.8 Å². The maximum Gasteiger partial charge on any atom is 0.410 e. The molecule has 4 heterocycles. The first-order valence-corrected chi connectivity index (χ1v) is 15.0. The minimum absolute atomic E-state index is 0.00779. The first-order valence-electron chi connectivity index (χ1n) is 13.8. The molecule has 0 saturated carbocycles. The fourth-order valence-corrected chi connectivity index (χ4v) is 6.39. The first-order chi connectivity index (χ1) is 19.4. The zero-order valence-electron chi connectivity index (χ0n) is 23.3. The highest BCUT2D eigenvalue weighted by Crippen LogP contribution is 2.42. The number of fused-ring (bicyclic) bond motifs is 2. The molecule has 0 spiro atoms. The number of aromatic nitrogens is 2. The molecule has 5 rings (SSSR count). The zero-order chi connectivity index (χ0) is 29.5. The van der Waals surface area contributed by atoms with Crippen molar-refractivity contribution in [3.63, 3.8) is 0 Å². The van der Waals surface area contributed by atoms with E-state index in [-0.39, 0.29) is 57.4 Å². The number of nitrogens with zero attached hydrogens (tertiary/aromatic N) is 3. The Balaban J connectivity index is 1.19. The lowest BCUT2D eigenvalue weighted by atomic mass is 9.95. The predicted molar refractivity (Wildman–Crippen MR) is 153 cm³/mol. The van der Waals surface area contributed by atoms with Gasteiger partial charge in [0.2, 0.25) is 0 Å². The quantitative estimate of drug-likeness (QED) is 0.303. The Labute approximate surface area is 250 Å². The van der Waals surface area contributed by atoms with Gasteiger partial charge >= 0.3 is 6.09 Å². The molecule has 2 N–H and O–H groups in total. The standard InChI is InChI=1S/C27H35BrClF2N5O5/c1-26(2,3)41-25(38)35-11-15(12-35)10-32-6-8-39-22-17-21(20(31)18(28)19(22)29)33-24(34-23(17)37)40-14-27-5-4-7-36(27)13-16(30)9-27/h15-16,32H,4-14H2,1-3H3,(H,33,34,37)/t16-,27+/m1/s1. The van der Waals surface area contributed by atoms with Crippen LogP contribution in [-0.2, 0) is 4.74 Å². The van der Waals surface area contributed by atoms with E-state index in [1.54, 1.807) is 4.90 Å². The van der Waals surface area contributed by atoms with Gasteiger partial charge in [-0.05, 0) is 56.1 Å². The summed E-state index contributed by atoms with van der Waals surface area (Å²) in [5, 5.41) is 3.06. The molecule has 10 nitrogen and oxygen atoms in total. The molecule has 3 aliphatic rings. The number of amides is 1. The molecule has 3 aliphatic heterocycles. The van der Waals surface area contributed by atoms with Crippen molar-refractivity contribution in [2.24, 2.45) is 5.92 Å². The average molecular weight is 663 g/mol. The molecule has 0 bridgehead atoms. The number of rotatable bonds is 9. The Morgan fingerprint density at radius 1 is 1.29 bits per heavy atom. The maximum absolute atomic E-state index is 15.2. The van der Waals surface area contributed by atoms with Gasteiger partial charge in [-0.15, -0.1) is 0 Å². The van der Waals surface area contributed by atoms with Crippen LogP contribution in [0.15, 0.2) is 9.27 Å². The fraction of sp³-hybridized carbons (Fsp3) is 0.667. The SMILES string of the molecule is CC(C)(C)OC(=O)N1CC(CNCCOc2c(Cl)c(Br)c(F)c3nc(OC[C@@]45CCCN4C[C@H](F)C5)[nH]c(=O)c23)C1. The first kappa shape index (κ1) is 30.2. The highest BCUT2D eigenvalue weighted by atomic mass is 79.9. The van der Waals surface area contributed by atoms with Crippen molar-refractivity contribution in [1.82, 2.24) is 25.1 Å². The molecular formula is C27H35BrClF2N5O5. The number of aromatic amines is 1. The van der Waals surface area contributed by atoms with Crippen LogP contribution in [0, 0.1) is 11.7 Å². The van der Waals surface area contributed by atoms with Gasteiger partial charge < -0.3 is 24.4 Å². The van der Waals surface area contributed by atoms with E-state index in [0.29, 0.717) is 39.1 Å². The summed E-state index contributed by atoms with van der Waals surface area (Å²) in [6.07, 6.45) is 0.844. The van der Waals surface area contributed by atoms with Gasteiger partial charge in [0.25, 0.3) is 11.6 Å². The van der Waals surface area contributed by atoms with Crippen molar-refractivity contribution in [3.05, 3.63) is 25.7 Å². The van der Waals surface area contributed by atoms with Crippen LogP contribution in [0.4, 0.5) is 13.6 Å². The number of alkyl halides is 1. The van der Waals surface area contributed by atoms with Gasteiger partial charge in [-0.1, -0.05) is 11.6 Å². The van der Waals surface area contributed by atoms with Crippen molar-refractivity contribution < 1.29 is 27.8 Å². The number of carbonyl (C=O) groups excluding carboxylic acids is 1. The number of H-pyrrole nitrogens is 1. The van der Waals surface area contributed by atoms with Gasteiger partial charge in [0, 0.05) is 45.1 Å². The van der Waals surface area contributed by atoms with Crippen LogP contribution in [0.3, 0.4) is 0 Å². The van der Waals surface area contributed by atoms with E-state index in [0.717, 1.165) is 19.4 Å². The van der Waals surface area contributed by atoms with E-state index >= 15 is 4.39 Å². The highest BCUT2D eigenvalue weighted by molar-refractivity contribution is 9.10. The summed E-state index contributed by atoms with van der Waals surface area (Å²) in [6.45, 7) is 9.24. The summed E-state index contributed by atoms with van der Waals surface area (Å²) in [4.78, 5) is 35.7. The number of hydrogen-bond acceptors (Lipinski definition) is 8. The lowest BCUT2D eigenvalue weighted by molar-refractivity contribution is -0.000823. The van der Waals surface area contributed by atoms with Gasteiger partial charge in [0.05, 0.1) is 10.0 Å². The molecule has 1 aromatic heterocycles. The summed E-state index contributed by atoms with van der Waals surface area (Å²) in [5.41, 5.74) is -1.87. The van der Waals surface area contributed by atoms with Crippen LogP contribution in [-0.4, -0.2) is 95.7 Å². The van der Waals surface area contributed by atoms with Gasteiger partial charge in [-0.3, -0.25) is 14.7 Å². The Hall–Kier alpha value is -2.22. The molecule has 1 aromatic carbocycles. The topological polar surface area (TPSA) is 109 Å². The van der Waals surface area contributed by atoms with Crippen LogP contribution in [0.5, 0.6) is 11.8 Å². The third-order valence-corrected chi connectivity index (χ3v) is 9.06. The molecule has 14 heteroatoms. The van der Waals surface area contributed by atoms with Crippen molar-refractivity contribution >= 4 is 44.5 Å². The van der Waals surface area contributed by atoms with E-state index in [2.05, 4.69) is 36.1 Å². The summed E-state index contributed by atoms with van der Waals surface area (Å²) < 4.78 is 46.2. The molecular weight excluding hydrogens is 628 g/mol. The van der Waals surface area contributed by atoms with Crippen LogP contribution in [0.1, 0.15) is 40.0 Å². The van der Waals surface area contributed by atoms with Crippen molar-refractivity contribution in [2.45, 2.75) is 57.3 Å². The third kappa shape index (κ3) is 6.42. The smallest absolute Gasteiger partial charge is 0.410 e. The Morgan fingerprint density at radius 2 is 2.05 bits per heavy atom. The molecule has 3 fully saturated rings. The molecule has 41 heavy (non-hydrogen) atoms. The minimum Gasteiger partial charge on any atom is -0.490 e. The van der Waals surface area contributed by atoms with E-state index < -0.39 is 28.7 Å². The van der Waals surface area contributed by atoms with E-state index in [1.165, 1.54) is 0 Å². The number of halogens is 4. The van der Waals surface area contributed by atoms with E-state index in [1.807, 2.05) is 20.8 Å². The molecule has 3 saturated heterocycles. The van der Waals surface area contributed by atoms with Crippen LogP contribution >= 0.6 is 27.5 Å². The van der Waals surface area contributed by atoms with Crippen molar-refractivity contribution in [2.75, 3.05) is 52.5 Å². The van der Waals surface area contributed by atoms with Crippen LogP contribution in [0.2, 0.25) is 5.02 Å². The van der Waals surface area contributed by atoms with Crippen LogP contribution in [0.25, 0.3) is 10.9 Å². The number of carbonyl (C=O) groups is 1. The fourth-order valence-electron chi connectivity index (χ4n) is 5.79. The van der Waals surface area contributed by atoms with Gasteiger partial charge in [0.1, 0.15) is 40.9 Å². The van der Waals surface area contributed by atoms with Gasteiger partial charge in [0.15, 0.2) is 11.6 Å². The molecule has 1 amide bonds. The van der Waals surface area contributed by atoms with Gasteiger partial charge in [-0.2, -0.15) is 4.98 Å². The lowest BCUT2D eigenvalue weighted by Gasteiger charge is -2.39. The van der Waals surface area contributed by atoms with E-state index in [9.17, 15) is 14.0 Å². The molecule has 2 atom stereocenters. The largest absolute Gasteiger partial charge is 0.490 e. The lowest BCUT2D eigenvalue weighted by Crippen LogP contribution is -2.54. The van der Waals surface area contributed by atoms with Crippen molar-refractivity contribution in [1.29, 1.82) is 0 Å². The third-order valence-electron chi connectivity index (χ3n) is 7.72. The van der Waals surface area contributed by atoms with E-state index in [4.69, 9.17) is 25.8 Å². The maximum atomic E-state index is 15.2. The number of ether oxygens (including phenoxy) is 3. The van der Waals surface area contributed by atoms with Gasteiger partial charge in [-0.25, -0.2) is 13.6 Å². The molecule has 2 aromatic rings. The summed E-state index contributed by atoms with van der Waals surface area (Å²) in [7, 11) is 0. The second-order valence-corrected chi connectivity index (χ2v) is 13.2. The monoisotopic (exact) mass is 661 g/mol. The molecule has 226 valence electrons. The second kappa shape index (κ2) is 11.8. The zero-order valence-corrected chi connectivity index (χ0v) is 25.7. The number of hydrogen-bond donors (Lipinski definition) is 2. The number of benzene rings is 1. The summed E-state index contributed by atoms with van der Waals surface area (Å²) >= 11 is 9.51. The molecule has 0 radical (unpaired) electrons. The summed E-state index contributed by atoms with van der Waals surface area (Å²) in [5.74, 6) is -0.516. The Bertz CT molecular complexity index is 1370. The molecule has 0 aliphatic carbocycles. The molecule has 0 unspecified atom stereocenters. The summed E-state index contributed by atoms with van der Waals surface area (Å²) in [6, 6.07) is -0.146. The average Bonchev–Trinajstić information content (AvgIpc) is 3.38. The minimum atomic E-state index is -0.923. The Morgan fingerprint density at radius 3 is 2.78 bits per heavy atom. The number of likely N-dealkylation sites (tertiary alicyclic amines) is 1. The number of nitrogens with one attached hydrogen (secondary N) is 2. The normalized spacial score (nSPS) is 23.1. The van der Waals surface area contributed by atoms with Crippen LogP contribution < -0.4 is 20.3 Å². The predicted octanol–water partition coefficient (Wildman–Crippen LogP) is 4.27. The second-order valence-electron chi connectivity index (χ2n) is 12.0.